The molecule has 2 aromatic carbocycles. The molecule has 31 heavy (non-hydrogen) atoms. The van der Waals surface area contributed by atoms with E-state index < -0.39 is 0 Å². The van der Waals surface area contributed by atoms with E-state index in [-0.39, 0.29) is 30.1 Å². The van der Waals surface area contributed by atoms with E-state index in [0.29, 0.717) is 24.4 Å². The SMILES string of the molecule is Cc1ccc2cc(CN(C[C@H]3CCCO3)C(=O)Nc3ccc(F)cc3)c(=O)[nH]c2c1C. The van der Waals surface area contributed by atoms with Gasteiger partial charge < -0.3 is 19.9 Å². The van der Waals surface area contributed by atoms with Crippen molar-refractivity contribution in [2.75, 3.05) is 18.5 Å². The molecule has 0 spiro atoms. The number of H-pyrrole nitrogens is 1. The van der Waals surface area contributed by atoms with Gasteiger partial charge in [-0.15, -0.1) is 0 Å². The van der Waals surface area contributed by atoms with Crippen LogP contribution in [-0.2, 0) is 11.3 Å². The first-order chi connectivity index (χ1) is 14.9. The number of ether oxygens (including phenoxy) is 1. The third-order valence-corrected chi connectivity index (χ3v) is 5.82. The highest BCUT2D eigenvalue weighted by Crippen LogP contribution is 2.21. The highest BCUT2D eigenvalue weighted by Gasteiger charge is 2.24. The van der Waals surface area contributed by atoms with E-state index in [4.69, 9.17) is 4.74 Å². The van der Waals surface area contributed by atoms with Gasteiger partial charge in [-0.05, 0) is 73.5 Å². The van der Waals surface area contributed by atoms with Crippen LogP contribution in [0.15, 0.2) is 47.3 Å². The third kappa shape index (κ3) is 4.77. The van der Waals surface area contributed by atoms with Crippen LogP contribution in [0.25, 0.3) is 10.9 Å². The van der Waals surface area contributed by atoms with Crippen LogP contribution in [0.5, 0.6) is 0 Å². The number of nitrogens with one attached hydrogen (secondary N) is 2. The smallest absolute Gasteiger partial charge is 0.322 e. The molecule has 0 unspecified atom stereocenters. The number of nitrogens with zero attached hydrogens (tertiary/aromatic N) is 1. The third-order valence-electron chi connectivity index (χ3n) is 5.82. The molecule has 0 bridgehead atoms. The molecular formula is C24H26FN3O3. The maximum absolute atomic E-state index is 13.2. The monoisotopic (exact) mass is 423 g/mol. The molecule has 162 valence electrons. The number of benzene rings is 2. The van der Waals surface area contributed by atoms with Crippen molar-refractivity contribution in [2.24, 2.45) is 0 Å². The first-order valence-corrected chi connectivity index (χ1v) is 10.5. The van der Waals surface area contributed by atoms with E-state index >= 15 is 0 Å². The predicted molar refractivity (Wildman–Crippen MR) is 119 cm³/mol. The number of rotatable bonds is 5. The Labute approximate surface area is 180 Å². The molecule has 2 N–H and O–H groups in total. The van der Waals surface area contributed by atoms with Gasteiger partial charge >= 0.3 is 6.03 Å². The van der Waals surface area contributed by atoms with E-state index in [1.54, 1.807) is 4.90 Å². The van der Waals surface area contributed by atoms with E-state index in [9.17, 15) is 14.0 Å². The summed E-state index contributed by atoms with van der Waals surface area (Å²) >= 11 is 0. The van der Waals surface area contributed by atoms with Crippen molar-refractivity contribution in [1.82, 2.24) is 9.88 Å². The summed E-state index contributed by atoms with van der Waals surface area (Å²) in [6.07, 6.45) is 1.75. The van der Waals surface area contributed by atoms with Crippen LogP contribution >= 0.6 is 0 Å². The topological polar surface area (TPSA) is 74.4 Å². The van der Waals surface area contributed by atoms with Gasteiger partial charge in [-0.1, -0.05) is 12.1 Å². The maximum Gasteiger partial charge on any atom is 0.322 e. The van der Waals surface area contributed by atoms with Crippen LogP contribution in [0.3, 0.4) is 0 Å². The van der Waals surface area contributed by atoms with Crippen molar-refractivity contribution in [3.05, 3.63) is 75.3 Å². The number of fused-ring (bicyclic) bond motifs is 1. The summed E-state index contributed by atoms with van der Waals surface area (Å²) in [5.41, 5.74) is 3.73. The van der Waals surface area contributed by atoms with Gasteiger partial charge in [0.05, 0.1) is 18.2 Å². The number of urea groups is 1. The van der Waals surface area contributed by atoms with Crippen molar-refractivity contribution in [3.63, 3.8) is 0 Å². The number of carbonyl (C=O) groups excluding carboxylic acids is 1. The number of aryl methyl sites for hydroxylation is 2. The number of pyridine rings is 1. The molecule has 0 aliphatic carbocycles. The van der Waals surface area contributed by atoms with Gasteiger partial charge in [0.1, 0.15) is 5.82 Å². The Hall–Kier alpha value is -3.19. The Kier molecular flexibility index (Phi) is 6.04. The number of amides is 2. The van der Waals surface area contributed by atoms with Crippen molar-refractivity contribution < 1.29 is 13.9 Å². The Morgan fingerprint density at radius 2 is 2.00 bits per heavy atom. The summed E-state index contributed by atoms with van der Waals surface area (Å²) < 4.78 is 18.9. The minimum absolute atomic E-state index is 0.0663. The lowest BCUT2D eigenvalue weighted by Gasteiger charge is -2.26. The number of aromatic amines is 1. The van der Waals surface area contributed by atoms with Crippen LogP contribution in [0.2, 0.25) is 0 Å². The van der Waals surface area contributed by atoms with Gasteiger partial charge in [0, 0.05) is 24.4 Å². The molecule has 1 atom stereocenters. The molecular weight excluding hydrogens is 397 g/mol. The molecule has 7 heteroatoms. The fourth-order valence-corrected chi connectivity index (χ4v) is 3.88. The summed E-state index contributed by atoms with van der Waals surface area (Å²) in [5.74, 6) is -0.373. The molecule has 1 aliphatic rings. The lowest BCUT2D eigenvalue weighted by Crippen LogP contribution is -2.40. The highest BCUT2D eigenvalue weighted by molar-refractivity contribution is 5.89. The Morgan fingerprint density at radius 3 is 2.71 bits per heavy atom. The van der Waals surface area contributed by atoms with Crippen molar-refractivity contribution in [3.8, 4) is 0 Å². The fraction of sp³-hybridized carbons (Fsp3) is 0.333. The second-order valence-electron chi connectivity index (χ2n) is 8.05. The quantitative estimate of drug-likeness (QED) is 0.635. The zero-order valence-corrected chi connectivity index (χ0v) is 17.7. The first-order valence-electron chi connectivity index (χ1n) is 10.5. The standard InChI is InChI=1S/C24H26FN3O3/c1-15-5-6-17-12-18(23(29)27-22(17)16(15)2)13-28(14-21-4-3-11-31-21)24(30)26-20-9-7-19(25)8-10-20/h5-10,12,21H,3-4,11,13-14H2,1-2H3,(H,26,30)(H,27,29)/t21-/m1/s1. The molecule has 6 nitrogen and oxygen atoms in total. The van der Waals surface area contributed by atoms with Crippen LogP contribution in [-0.4, -0.2) is 35.2 Å². The number of hydrogen-bond donors (Lipinski definition) is 2. The zero-order chi connectivity index (χ0) is 22.0. The average Bonchev–Trinajstić information content (AvgIpc) is 3.26. The summed E-state index contributed by atoms with van der Waals surface area (Å²) in [4.78, 5) is 30.4. The fourth-order valence-electron chi connectivity index (χ4n) is 3.88. The molecule has 4 rings (SSSR count). The molecule has 1 aliphatic heterocycles. The van der Waals surface area contributed by atoms with Gasteiger partial charge in [0.15, 0.2) is 0 Å². The first kappa shape index (κ1) is 21.1. The Morgan fingerprint density at radius 1 is 1.23 bits per heavy atom. The van der Waals surface area contributed by atoms with Crippen LogP contribution < -0.4 is 10.9 Å². The van der Waals surface area contributed by atoms with Crippen molar-refractivity contribution in [1.29, 1.82) is 0 Å². The van der Waals surface area contributed by atoms with E-state index in [1.165, 1.54) is 24.3 Å². The second kappa shape index (κ2) is 8.89. The van der Waals surface area contributed by atoms with E-state index in [2.05, 4.69) is 10.3 Å². The van der Waals surface area contributed by atoms with Gasteiger partial charge in [-0.3, -0.25) is 4.79 Å². The molecule has 1 aromatic heterocycles. The summed E-state index contributed by atoms with van der Waals surface area (Å²) in [5, 5.41) is 3.71. The van der Waals surface area contributed by atoms with E-state index in [1.807, 2.05) is 32.0 Å². The molecule has 0 radical (unpaired) electrons. The minimum atomic E-state index is -0.373. The normalized spacial score (nSPS) is 15.9. The lowest BCUT2D eigenvalue weighted by molar-refractivity contribution is 0.0818. The average molecular weight is 423 g/mol. The van der Waals surface area contributed by atoms with Gasteiger partial charge in [-0.2, -0.15) is 0 Å². The number of aromatic nitrogens is 1. The van der Waals surface area contributed by atoms with E-state index in [0.717, 1.165) is 34.9 Å². The Bertz CT molecular complexity index is 1150. The van der Waals surface area contributed by atoms with Gasteiger partial charge in [0.25, 0.3) is 5.56 Å². The number of halogens is 1. The molecule has 1 saturated heterocycles. The van der Waals surface area contributed by atoms with Crippen LogP contribution in [0.1, 0.15) is 29.5 Å². The molecule has 3 aromatic rings. The molecule has 2 amide bonds. The maximum atomic E-state index is 13.2. The van der Waals surface area contributed by atoms with Gasteiger partial charge in [0.2, 0.25) is 0 Å². The summed E-state index contributed by atoms with van der Waals surface area (Å²) in [7, 11) is 0. The number of hydrogen-bond acceptors (Lipinski definition) is 3. The van der Waals surface area contributed by atoms with Gasteiger partial charge in [-0.25, -0.2) is 9.18 Å². The number of carbonyl (C=O) groups is 1. The van der Waals surface area contributed by atoms with Crippen LogP contribution in [0.4, 0.5) is 14.9 Å². The van der Waals surface area contributed by atoms with Crippen molar-refractivity contribution >= 4 is 22.6 Å². The lowest BCUT2D eigenvalue weighted by atomic mass is 10.0. The van der Waals surface area contributed by atoms with Crippen molar-refractivity contribution in [2.45, 2.75) is 39.3 Å². The minimum Gasteiger partial charge on any atom is -0.376 e. The summed E-state index contributed by atoms with van der Waals surface area (Å²) in [6, 6.07) is 11.1. The predicted octanol–water partition coefficient (Wildman–Crippen LogP) is 4.50. The van der Waals surface area contributed by atoms with Crippen LogP contribution in [0, 0.1) is 19.7 Å². The number of anilines is 1. The largest absolute Gasteiger partial charge is 0.376 e. The Balaban J connectivity index is 1.61. The highest BCUT2D eigenvalue weighted by atomic mass is 19.1. The summed E-state index contributed by atoms with van der Waals surface area (Å²) in [6.45, 7) is 5.17. The molecule has 1 fully saturated rings. The molecule has 2 heterocycles. The zero-order valence-electron chi connectivity index (χ0n) is 17.7. The second-order valence-corrected chi connectivity index (χ2v) is 8.05. The molecule has 0 saturated carbocycles.